The van der Waals surface area contributed by atoms with Crippen molar-refractivity contribution in [2.75, 3.05) is 24.5 Å². The molecule has 2 heterocycles. The monoisotopic (exact) mass is 245 g/mol. The van der Waals surface area contributed by atoms with Gasteiger partial charge in [-0.1, -0.05) is 0 Å². The van der Waals surface area contributed by atoms with E-state index in [1.807, 2.05) is 0 Å². The van der Waals surface area contributed by atoms with Gasteiger partial charge >= 0.3 is 0 Å². The van der Waals surface area contributed by atoms with Crippen LogP contribution in [0, 0.1) is 0 Å². The average molecular weight is 245 g/mol. The first-order valence-corrected chi connectivity index (χ1v) is 7.32. The number of nitrogens with two attached hydrogens (primary N) is 1. The first kappa shape index (κ1) is 12.0. The van der Waals surface area contributed by atoms with E-state index in [4.69, 9.17) is 5.73 Å². The van der Waals surface area contributed by atoms with Gasteiger partial charge in [-0.3, -0.25) is 4.98 Å². The number of nitrogens with zero attached hydrogens (tertiary/aromatic N) is 2. The van der Waals surface area contributed by atoms with Crippen LogP contribution in [-0.4, -0.2) is 24.6 Å². The quantitative estimate of drug-likeness (QED) is 0.886. The minimum atomic E-state index is 0.704. The third-order valence-electron chi connectivity index (χ3n) is 4.11. The van der Waals surface area contributed by atoms with Crippen LogP contribution in [0.2, 0.25) is 0 Å². The highest BCUT2D eigenvalue weighted by Gasteiger charge is 2.27. The van der Waals surface area contributed by atoms with Gasteiger partial charge in [0, 0.05) is 25.2 Å². The molecule has 1 aliphatic carbocycles. The zero-order valence-corrected chi connectivity index (χ0v) is 11.1. The highest BCUT2D eigenvalue weighted by Crippen LogP contribution is 2.42. The van der Waals surface area contributed by atoms with Crippen molar-refractivity contribution in [2.45, 2.75) is 44.4 Å². The van der Waals surface area contributed by atoms with Gasteiger partial charge in [0.25, 0.3) is 0 Å². The van der Waals surface area contributed by atoms with Crippen LogP contribution >= 0.6 is 0 Å². The maximum Gasteiger partial charge on any atom is 0.0555 e. The van der Waals surface area contributed by atoms with Crippen LogP contribution in [0.15, 0.2) is 12.3 Å². The molecule has 1 aliphatic heterocycles. The van der Waals surface area contributed by atoms with Crippen molar-refractivity contribution in [1.29, 1.82) is 0 Å². The fraction of sp³-hybridized carbons (Fsp3) is 0.667. The maximum absolute atomic E-state index is 5.68. The van der Waals surface area contributed by atoms with E-state index in [1.165, 1.54) is 62.1 Å². The second-order valence-electron chi connectivity index (χ2n) is 5.59. The van der Waals surface area contributed by atoms with E-state index < -0.39 is 0 Å². The topological polar surface area (TPSA) is 42.1 Å². The van der Waals surface area contributed by atoms with Gasteiger partial charge in [-0.2, -0.15) is 0 Å². The summed E-state index contributed by atoms with van der Waals surface area (Å²) >= 11 is 0. The third-order valence-corrected chi connectivity index (χ3v) is 4.11. The Bertz CT molecular complexity index is 406. The smallest absolute Gasteiger partial charge is 0.0555 e. The van der Waals surface area contributed by atoms with Gasteiger partial charge in [0.1, 0.15) is 0 Å². The Kier molecular flexibility index (Phi) is 3.50. The number of aromatic nitrogens is 1. The third kappa shape index (κ3) is 2.51. The molecule has 1 aromatic heterocycles. The van der Waals surface area contributed by atoms with Crippen molar-refractivity contribution in [1.82, 2.24) is 4.98 Å². The fourth-order valence-electron chi connectivity index (χ4n) is 2.92. The minimum absolute atomic E-state index is 0.704. The van der Waals surface area contributed by atoms with Crippen molar-refractivity contribution in [3.05, 3.63) is 23.5 Å². The molecule has 0 spiro atoms. The van der Waals surface area contributed by atoms with Gasteiger partial charge in [-0.15, -0.1) is 0 Å². The van der Waals surface area contributed by atoms with E-state index in [9.17, 15) is 0 Å². The second-order valence-corrected chi connectivity index (χ2v) is 5.59. The lowest BCUT2D eigenvalue weighted by Gasteiger charge is -2.29. The van der Waals surface area contributed by atoms with Crippen LogP contribution in [0.5, 0.6) is 0 Å². The standard InChI is InChI=1S/C15H23N3/c16-7-6-15-14(12-4-5-12)10-13(11-17-15)18-8-2-1-3-9-18/h10-12H,1-9,16H2. The Balaban J connectivity index is 1.84. The zero-order chi connectivity index (χ0) is 12.4. The summed E-state index contributed by atoms with van der Waals surface area (Å²) in [7, 11) is 0. The lowest BCUT2D eigenvalue weighted by atomic mass is 10.0. The predicted octanol–water partition coefficient (Wildman–Crippen LogP) is 2.45. The van der Waals surface area contributed by atoms with Gasteiger partial charge in [0.2, 0.25) is 0 Å². The van der Waals surface area contributed by atoms with Crippen LogP contribution in [0.1, 0.15) is 49.3 Å². The summed E-state index contributed by atoms with van der Waals surface area (Å²) in [6, 6.07) is 2.39. The van der Waals surface area contributed by atoms with E-state index >= 15 is 0 Å². The van der Waals surface area contributed by atoms with Crippen molar-refractivity contribution in [3.63, 3.8) is 0 Å². The van der Waals surface area contributed by atoms with Crippen molar-refractivity contribution in [2.24, 2.45) is 5.73 Å². The molecule has 2 aliphatic rings. The molecule has 3 heteroatoms. The molecule has 98 valence electrons. The summed E-state index contributed by atoms with van der Waals surface area (Å²) in [6.07, 6.45) is 9.68. The second kappa shape index (κ2) is 5.27. The summed E-state index contributed by atoms with van der Waals surface area (Å²) in [5.41, 5.74) is 9.72. The lowest BCUT2D eigenvalue weighted by molar-refractivity contribution is 0.577. The molecule has 0 aromatic carbocycles. The lowest BCUT2D eigenvalue weighted by Crippen LogP contribution is -2.29. The Morgan fingerprint density at radius 1 is 1.22 bits per heavy atom. The molecule has 3 nitrogen and oxygen atoms in total. The molecule has 0 bridgehead atoms. The molecule has 1 aromatic rings. The van der Waals surface area contributed by atoms with Gasteiger partial charge < -0.3 is 10.6 Å². The Morgan fingerprint density at radius 3 is 2.67 bits per heavy atom. The largest absolute Gasteiger partial charge is 0.370 e. The molecule has 0 radical (unpaired) electrons. The van der Waals surface area contributed by atoms with Crippen LogP contribution in [0.4, 0.5) is 5.69 Å². The molecule has 0 unspecified atom stereocenters. The van der Waals surface area contributed by atoms with Crippen LogP contribution < -0.4 is 10.6 Å². The highest BCUT2D eigenvalue weighted by atomic mass is 15.1. The Hall–Kier alpha value is -1.09. The number of hydrogen-bond acceptors (Lipinski definition) is 3. The number of pyridine rings is 1. The maximum atomic E-state index is 5.68. The van der Waals surface area contributed by atoms with E-state index in [2.05, 4.69) is 22.1 Å². The molecule has 18 heavy (non-hydrogen) atoms. The predicted molar refractivity (Wildman–Crippen MR) is 75.0 cm³/mol. The van der Waals surface area contributed by atoms with Crippen molar-refractivity contribution < 1.29 is 0 Å². The van der Waals surface area contributed by atoms with Gasteiger partial charge in [0.05, 0.1) is 11.9 Å². The Labute approximate surface area is 109 Å². The Morgan fingerprint density at radius 2 is 2.00 bits per heavy atom. The average Bonchev–Trinajstić information content (AvgIpc) is 3.25. The first-order chi connectivity index (χ1) is 8.88. The summed E-state index contributed by atoms with van der Waals surface area (Å²) < 4.78 is 0. The first-order valence-electron chi connectivity index (χ1n) is 7.32. The summed E-state index contributed by atoms with van der Waals surface area (Å²) in [5.74, 6) is 0.767. The molecular weight excluding hydrogens is 222 g/mol. The van der Waals surface area contributed by atoms with Crippen molar-refractivity contribution in [3.8, 4) is 0 Å². The molecule has 2 N–H and O–H groups in total. The fourth-order valence-corrected chi connectivity index (χ4v) is 2.92. The zero-order valence-electron chi connectivity index (χ0n) is 11.1. The van der Waals surface area contributed by atoms with Gasteiger partial charge in [-0.25, -0.2) is 0 Å². The van der Waals surface area contributed by atoms with E-state index in [1.54, 1.807) is 0 Å². The van der Waals surface area contributed by atoms with Crippen LogP contribution in [-0.2, 0) is 6.42 Å². The van der Waals surface area contributed by atoms with Crippen molar-refractivity contribution >= 4 is 5.69 Å². The molecule has 0 atom stereocenters. The summed E-state index contributed by atoms with van der Waals surface area (Å²) in [4.78, 5) is 7.18. The molecule has 1 saturated carbocycles. The minimum Gasteiger partial charge on any atom is -0.370 e. The van der Waals surface area contributed by atoms with E-state index in [-0.39, 0.29) is 0 Å². The van der Waals surface area contributed by atoms with Crippen LogP contribution in [0.25, 0.3) is 0 Å². The normalized spacial score (nSPS) is 20.2. The molecular formula is C15H23N3. The SMILES string of the molecule is NCCc1ncc(N2CCCCC2)cc1C1CC1. The summed E-state index contributed by atoms with van der Waals surface area (Å²) in [6.45, 7) is 3.10. The highest BCUT2D eigenvalue weighted by molar-refractivity contribution is 5.49. The summed E-state index contributed by atoms with van der Waals surface area (Å²) in [5, 5.41) is 0. The number of rotatable bonds is 4. The van der Waals surface area contributed by atoms with E-state index in [0.717, 1.165) is 12.3 Å². The van der Waals surface area contributed by atoms with Crippen LogP contribution in [0.3, 0.4) is 0 Å². The number of piperidine rings is 1. The van der Waals surface area contributed by atoms with E-state index in [0.29, 0.717) is 6.54 Å². The molecule has 3 rings (SSSR count). The number of hydrogen-bond donors (Lipinski definition) is 1. The number of anilines is 1. The molecule has 2 fully saturated rings. The molecule has 1 saturated heterocycles. The molecule has 0 amide bonds. The van der Waals surface area contributed by atoms with Gasteiger partial charge in [0.15, 0.2) is 0 Å². The van der Waals surface area contributed by atoms with Gasteiger partial charge in [-0.05, 0) is 56.2 Å².